The van der Waals surface area contributed by atoms with Crippen molar-refractivity contribution in [3.05, 3.63) is 154 Å². The van der Waals surface area contributed by atoms with Crippen LogP contribution < -0.4 is 4.90 Å². The average molecular weight is 577 g/mol. The van der Waals surface area contributed by atoms with Gasteiger partial charge < -0.3 is 9.80 Å². The highest BCUT2D eigenvalue weighted by molar-refractivity contribution is 5.95. The number of amides is 1. The van der Waals surface area contributed by atoms with E-state index in [4.69, 9.17) is 0 Å². The molecule has 220 valence electrons. The second kappa shape index (κ2) is 13.2. The number of para-hydroxylation sites is 1. The van der Waals surface area contributed by atoms with Gasteiger partial charge in [0, 0.05) is 42.5 Å². The number of halogens is 2. The molecule has 0 bridgehead atoms. The molecule has 3 nitrogen and oxygen atoms in total. The standard InChI is InChI=1S/C38H38F2N2O/c1-5-35(31-12-9-14-34(40)24-31)36-17-16-32(22-27(36)3)38(43)41-20-18-30(19-21-41)28(4)42(37-15-7-6-10-26(37)2)25-29-11-8-13-33(39)23-29/h5-17,22-24,30H,4,18-21,25H2,1-3H3/b35-5-. The van der Waals surface area contributed by atoms with Crippen LogP contribution in [0.4, 0.5) is 14.5 Å². The van der Waals surface area contributed by atoms with Gasteiger partial charge in [-0.2, -0.15) is 0 Å². The predicted octanol–water partition coefficient (Wildman–Crippen LogP) is 9.11. The molecule has 0 aromatic heterocycles. The Balaban J connectivity index is 1.29. The van der Waals surface area contributed by atoms with Crippen LogP contribution in [-0.4, -0.2) is 23.9 Å². The molecule has 5 rings (SSSR count). The van der Waals surface area contributed by atoms with Crippen molar-refractivity contribution in [1.29, 1.82) is 0 Å². The maximum absolute atomic E-state index is 14.0. The molecular formula is C38H38F2N2O. The second-order valence-corrected chi connectivity index (χ2v) is 11.3. The third-order valence-electron chi connectivity index (χ3n) is 8.42. The van der Waals surface area contributed by atoms with Crippen LogP contribution in [0.15, 0.2) is 109 Å². The van der Waals surface area contributed by atoms with Crippen LogP contribution in [0.1, 0.15) is 57.9 Å². The zero-order valence-electron chi connectivity index (χ0n) is 25.1. The summed E-state index contributed by atoms with van der Waals surface area (Å²) in [5.74, 6) is -0.311. The summed E-state index contributed by atoms with van der Waals surface area (Å²) in [4.78, 5) is 17.7. The molecule has 0 radical (unpaired) electrons. The molecule has 1 saturated heterocycles. The van der Waals surface area contributed by atoms with E-state index < -0.39 is 0 Å². The fourth-order valence-corrected chi connectivity index (χ4v) is 6.08. The number of hydrogen-bond acceptors (Lipinski definition) is 2. The quantitative estimate of drug-likeness (QED) is 0.209. The van der Waals surface area contributed by atoms with Gasteiger partial charge in [-0.3, -0.25) is 4.79 Å². The summed E-state index contributed by atoms with van der Waals surface area (Å²) in [5.41, 5.74) is 8.41. The van der Waals surface area contributed by atoms with Crippen molar-refractivity contribution >= 4 is 17.2 Å². The minimum Gasteiger partial charge on any atom is -0.341 e. The number of aryl methyl sites for hydroxylation is 2. The number of rotatable bonds is 8. The van der Waals surface area contributed by atoms with Crippen molar-refractivity contribution < 1.29 is 13.6 Å². The van der Waals surface area contributed by atoms with Crippen LogP contribution in [0, 0.1) is 31.4 Å². The van der Waals surface area contributed by atoms with E-state index in [0.29, 0.717) is 25.2 Å². The lowest BCUT2D eigenvalue weighted by atomic mass is 9.91. The molecule has 0 atom stereocenters. The van der Waals surface area contributed by atoms with E-state index in [1.165, 1.54) is 18.2 Å². The number of carbonyl (C=O) groups excluding carboxylic acids is 1. The topological polar surface area (TPSA) is 23.6 Å². The van der Waals surface area contributed by atoms with Gasteiger partial charge in [-0.15, -0.1) is 0 Å². The van der Waals surface area contributed by atoms with Gasteiger partial charge in [-0.1, -0.05) is 61.2 Å². The van der Waals surface area contributed by atoms with Gasteiger partial charge in [0.2, 0.25) is 0 Å². The number of piperidine rings is 1. The average Bonchev–Trinajstić information content (AvgIpc) is 3.01. The summed E-state index contributed by atoms with van der Waals surface area (Å²) in [6, 6.07) is 27.2. The third-order valence-corrected chi connectivity index (χ3v) is 8.42. The summed E-state index contributed by atoms with van der Waals surface area (Å²) in [5, 5.41) is 0. The Morgan fingerprint density at radius 3 is 2.21 bits per heavy atom. The van der Waals surface area contributed by atoms with Crippen molar-refractivity contribution in [2.75, 3.05) is 18.0 Å². The summed E-state index contributed by atoms with van der Waals surface area (Å²) in [7, 11) is 0. The van der Waals surface area contributed by atoms with Crippen molar-refractivity contribution in [3.63, 3.8) is 0 Å². The van der Waals surface area contributed by atoms with Crippen LogP contribution in [0.3, 0.4) is 0 Å². The first kappa shape index (κ1) is 30.0. The van der Waals surface area contributed by atoms with Crippen molar-refractivity contribution in [2.24, 2.45) is 5.92 Å². The molecule has 1 amide bonds. The monoisotopic (exact) mass is 576 g/mol. The number of allylic oxidation sites excluding steroid dienone is 2. The van der Waals surface area contributed by atoms with Crippen molar-refractivity contribution in [2.45, 2.75) is 40.2 Å². The van der Waals surface area contributed by atoms with Crippen LogP contribution in [-0.2, 0) is 6.54 Å². The van der Waals surface area contributed by atoms with Crippen molar-refractivity contribution in [3.8, 4) is 0 Å². The molecule has 4 aromatic carbocycles. The highest BCUT2D eigenvalue weighted by atomic mass is 19.1. The molecule has 1 aliphatic heterocycles. The molecule has 0 unspecified atom stereocenters. The maximum Gasteiger partial charge on any atom is 0.253 e. The van der Waals surface area contributed by atoms with Gasteiger partial charge in [0.25, 0.3) is 5.91 Å². The minimum atomic E-state index is -0.275. The largest absolute Gasteiger partial charge is 0.341 e. The van der Waals surface area contributed by atoms with Crippen LogP contribution in [0.5, 0.6) is 0 Å². The molecule has 0 N–H and O–H groups in total. The van der Waals surface area contributed by atoms with E-state index in [9.17, 15) is 13.6 Å². The molecule has 43 heavy (non-hydrogen) atoms. The van der Waals surface area contributed by atoms with Gasteiger partial charge in [-0.25, -0.2) is 8.78 Å². The number of benzene rings is 4. The van der Waals surface area contributed by atoms with Crippen LogP contribution in [0.25, 0.3) is 5.57 Å². The van der Waals surface area contributed by atoms with E-state index in [-0.39, 0.29) is 23.5 Å². The fraction of sp³-hybridized carbons (Fsp3) is 0.237. The molecule has 0 spiro atoms. The number of anilines is 1. The van der Waals surface area contributed by atoms with Gasteiger partial charge in [0.1, 0.15) is 11.6 Å². The summed E-state index contributed by atoms with van der Waals surface area (Å²) in [6.07, 6.45) is 3.58. The molecule has 1 fully saturated rings. The fourth-order valence-electron chi connectivity index (χ4n) is 6.08. The van der Waals surface area contributed by atoms with Gasteiger partial charge in [-0.05, 0) is 109 Å². The third kappa shape index (κ3) is 6.77. The smallest absolute Gasteiger partial charge is 0.253 e. The van der Waals surface area contributed by atoms with E-state index >= 15 is 0 Å². The lowest BCUT2D eigenvalue weighted by molar-refractivity contribution is 0.0701. The molecule has 1 heterocycles. The number of nitrogens with zero attached hydrogens (tertiary/aromatic N) is 2. The maximum atomic E-state index is 14.0. The number of likely N-dealkylation sites (tertiary alicyclic amines) is 1. The molecule has 0 saturated carbocycles. The Bertz CT molecular complexity index is 1670. The number of hydrogen-bond donors (Lipinski definition) is 0. The first-order valence-corrected chi connectivity index (χ1v) is 14.8. The first-order chi connectivity index (χ1) is 20.7. The van der Waals surface area contributed by atoms with Crippen LogP contribution >= 0.6 is 0 Å². The van der Waals surface area contributed by atoms with E-state index in [0.717, 1.165) is 57.6 Å². The summed E-state index contributed by atoms with van der Waals surface area (Å²) in [6.45, 7) is 12.3. The van der Waals surface area contributed by atoms with E-state index in [1.807, 2.05) is 67.3 Å². The summed E-state index contributed by atoms with van der Waals surface area (Å²) >= 11 is 0. The van der Waals surface area contributed by atoms with E-state index in [1.54, 1.807) is 18.2 Å². The van der Waals surface area contributed by atoms with Crippen molar-refractivity contribution in [1.82, 2.24) is 4.90 Å². The SMILES string of the molecule is C=C(C1CCN(C(=O)c2ccc(/C(=C\C)c3cccc(F)c3)c(C)c2)CC1)N(Cc1cccc(F)c1)c1ccccc1C. The zero-order chi connectivity index (χ0) is 30.5. The van der Waals surface area contributed by atoms with Crippen LogP contribution in [0.2, 0.25) is 0 Å². The van der Waals surface area contributed by atoms with Gasteiger partial charge in [0.15, 0.2) is 0 Å². The Labute approximate surface area is 253 Å². The predicted molar refractivity (Wildman–Crippen MR) is 172 cm³/mol. The molecule has 1 aliphatic rings. The van der Waals surface area contributed by atoms with Gasteiger partial charge >= 0.3 is 0 Å². The van der Waals surface area contributed by atoms with Gasteiger partial charge in [0.05, 0.1) is 0 Å². The van der Waals surface area contributed by atoms with E-state index in [2.05, 4.69) is 30.5 Å². The highest BCUT2D eigenvalue weighted by Gasteiger charge is 2.28. The number of carbonyl (C=O) groups is 1. The summed E-state index contributed by atoms with van der Waals surface area (Å²) < 4.78 is 27.9. The Morgan fingerprint density at radius 1 is 0.860 bits per heavy atom. The first-order valence-electron chi connectivity index (χ1n) is 14.8. The molecular weight excluding hydrogens is 538 g/mol. The molecule has 5 heteroatoms. The normalized spacial score (nSPS) is 14.1. The molecule has 0 aliphatic carbocycles. The molecule has 4 aromatic rings. The Hall–Kier alpha value is -4.51. The lowest BCUT2D eigenvalue weighted by Crippen LogP contribution is -2.40. The lowest BCUT2D eigenvalue weighted by Gasteiger charge is -2.38. The highest BCUT2D eigenvalue weighted by Crippen LogP contribution is 2.34. The Kier molecular flexibility index (Phi) is 9.20. The zero-order valence-corrected chi connectivity index (χ0v) is 25.1. The minimum absolute atomic E-state index is 0.0158. The second-order valence-electron chi connectivity index (χ2n) is 11.3. The Morgan fingerprint density at radius 2 is 1.56 bits per heavy atom.